The van der Waals surface area contributed by atoms with E-state index < -0.39 is 0 Å². The molecule has 4 nitrogen and oxygen atoms in total. The normalized spacial score (nSPS) is 11.7. The Balaban J connectivity index is 2.58. The maximum Gasteiger partial charge on any atom is 0.319 e. The van der Waals surface area contributed by atoms with Crippen molar-refractivity contribution in [1.82, 2.24) is 0 Å². The van der Waals surface area contributed by atoms with E-state index in [0.29, 0.717) is 6.61 Å². The van der Waals surface area contributed by atoms with Gasteiger partial charge in [0.15, 0.2) is 0 Å². The lowest BCUT2D eigenvalue weighted by Gasteiger charge is -2.10. The Bertz CT molecular complexity index is 417. The number of carbonyl (C=O) groups excluding carboxylic acids is 2. The van der Waals surface area contributed by atoms with Crippen LogP contribution in [0.4, 0.5) is 5.69 Å². The van der Waals surface area contributed by atoms with Crippen LogP contribution < -0.4 is 5.32 Å². The van der Waals surface area contributed by atoms with Crippen molar-refractivity contribution < 1.29 is 14.3 Å². The highest BCUT2D eigenvalue weighted by Gasteiger charge is 2.15. The van der Waals surface area contributed by atoms with Crippen molar-refractivity contribution in [3.8, 4) is 0 Å². The van der Waals surface area contributed by atoms with Crippen molar-refractivity contribution in [1.29, 1.82) is 0 Å². The summed E-state index contributed by atoms with van der Waals surface area (Å²) in [6.07, 6.45) is 0. The average molecular weight is 267 g/mol. The van der Waals surface area contributed by atoms with E-state index in [1.807, 2.05) is 31.2 Å². The number of carbonyl (C=O) groups is 2. The summed E-state index contributed by atoms with van der Waals surface area (Å²) < 4.78 is 4.94. The van der Waals surface area contributed by atoms with E-state index >= 15 is 0 Å². The Hall–Kier alpha value is -1.49. The van der Waals surface area contributed by atoms with Gasteiger partial charge < -0.3 is 10.1 Å². The summed E-state index contributed by atoms with van der Waals surface area (Å²) >= 11 is 1.43. The number of amides is 1. The number of esters is 1. The van der Waals surface area contributed by atoms with Crippen molar-refractivity contribution >= 4 is 29.3 Å². The molecule has 1 rings (SSSR count). The molecular weight excluding hydrogens is 250 g/mol. The molecule has 0 aliphatic rings. The number of anilines is 1. The summed E-state index contributed by atoms with van der Waals surface area (Å²) in [4.78, 5) is 23.3. The third-order valence-electron chi connectivity index (χ3n) is 2.11. The highest BCUT2D eigenvalue weighted by Crippen LogP contribution is 2.25. The van der Waals surface area contributed by atoms with Gasteiger partial charge in [-0.2, -0.15) is 0 Å². The molecule has 0 aromatic heterocycles. The predicted molar refractivity (Wildman–Crippen MR) is 72.7 cm³/mol. The molecule has 1 aromatic carbocycles. The number of nitrogens with one attached hydrogen (secondary N) is 1. The standard InChI is InChI=1S/C13H17NO3S/c1-4-17-13(16)9(2)18-12-7-5-11(6-8-12)14-10(3)15/h5-9H,4H2,1-3H3,(H,14,15). The van der Waals surface area contributed by atoms with Gasteiger partial charge in [-0.15, -0.1) is 11.8 Å². The zero-order valence-electron chi connectivity index (χ0n) is 10.7. The Kier molecular flexibility index (Phi) is 5.71. The van der Waals surface area contributed by atoms with E-state index in [0.717, 1.165) is 10.6 Å². The third kappa shape index (κ3) is 4.79. The lowest BCUT2D eigenvalue weighted by molar-refractivity contribution is -0.142. The molecular formula is C13H17NO3S. The minimum atomic E-state index is -0.239. The number of ether oxygens (including phenoxy) is 1. The van der Waals surface area contributed by atoms with Gasteiger partial charge in [0, 0.05) is 17.5 Å². The number of benzene rings is 1. The lowest BCUT2D eigenvalue weighted by atomic mass is 10.3. The maximum atomic E-state index is 11.5. The fourth-order valence-corrected chi connectivity index (χ4v) is 2.20. The maximum absolute atomic E-state index is 11.5. The fourth-order valence-electron chi connectivity index (χ4n) is 1.33. The largest absolute Gasteiger partial charge is 0.465 e. The highest BCUT2D eigenvalue weighted by molar-refractivity contribution is 8.00. The molecule has 0 saturated carbocycles. The van der Waals surface area contributed by atoms with Crippen LogP contribution >= 0.6 is 11.8 Å². The van der Waals surface area contributed by atoms with E-state index in [-0.39, 0.29) is 17.1 Å². The molecule has 0 radical (unpaired) electrons. The van der Waals surface area contributed by atoms with Crippen molar-refractivity contribution in [2.45, 2.75) is 30.9 Å². The number of hydrogen-bond acceptors (Lipinski definition) is 4. The van der Waals surface area contributed by atoms with Crippen molar-refractivity contribution in [3.05, 3.63) is 24.3 Å². The van der Waals surface area contributed by atoms with Gasteiger partial charge in [-0.05, 0) is 38.1 Å². The van der Waals surface area contributed by atoms with Gasteiger partial charge in [0.25, 0.3) is 0 Å². The molecule has 0 aliphatic heterocycles. The molecule has 0 bridgehead atoms. The number of rotatable bonds is 5. The second-order valence-corrected chi connectivity index (χ2v) is 5.13. The van der Waals surface area contributed by atoms with Gasteiger partial charge in [0.1, 0.15) is 5.25 Å². The van der Waals surface area contributed by atoms with E-state index in [4.69, 9.17) is 4.74 Å². The first-order valence-electron chi connectivity index (χ1n) is 5.74. The molecule has 1 amide bonds. The van der Waals surface area contributed by atoms with Crippen LogP contribution in [0.3, 0.4) is 0 Å². The van der Waals surface area contributed by atoms with Crippen LogP contribution in [0.1, 0.15) is 20.8 Å². The van der Waals surface area contributed by atoms with Crippen LogP contribution in [-0.2, 0) is 14.3 Å². The summed E-state index contributed by atoms with van der Waals surface area (Å²) in [5.74, 6) is -0.316. The third-order valence-corrected chi connectivity index (χ3v) is 3.20. The van der Waals surface area contributed by atoms with Gasteiger partial charge in [-0.3, -0.25) is 9.59 Å². The van der Waals surface area contributed by atoms with Crippen LogP contribution in [0.25, 0.3) is 0 Å². The zero-order chi connectivity index (χ0) is 13.5. The molecule has 5 heteroatoms. The molecule has 18 heavy (non-hydrogen) atoms. The number of hydrogen-bond donors (Lipinski definition) is 1. The van der Waals surface area contributed by atoms with Crippen LogP contribution in [0, 0.1) is 0 Å². The molecule has 0 heterocycles. The predicted octanol–water partition coefficient (Wildman–Crippen LogP) is 2.69. The first-order chi connectivity index (χ1) is 8.52. The Morgan fingerprint density at radius 2 is 1.94 bits per heavy atom. The first kappa shape index (κ1) is 14.6. The highest BCUT2D eigenvalue weighted by atomic mass is 32.2. The van der Waals surface area contributed by atoms with E-state index in [2.05, 4.69) is 5.32 Å². The smallest absolute Gasteiger partial charge is 0.319 e. The SMILES string of the molecule is CCOC(=O)C(C)Sc1ccc(NC(C)=O)cc1. The summed E-state index contributed by atoms with van der Waals surface area (Å²) in [6.45, 7) is 5.46. The molecule has 0 spiro atoms. The molecule has 0 saturated heterocycles. The minimum Gasteiger partial charge on any atom is -0.465 e. The monoisotopic (exact) mass is 267 g/mol. The van der Waals surface area contributed by atoms with Gasteiger partial charge in [-0.1, -0.05) is 0 Å². The zero-order valence-corrected chi connectivity index (χ0v) is 11.5. The fraction of sp³-hybridized carbons (Fsp3) is 0.385. The van der Waals surface area contributed by atoms with Crippen molar-refractivity contribution in [2.75, 3.05) is 11.9 Å². The van der Waals surface area contributed by atoms with E-state index in [1.54, 1.807) is 6.92 Å². The second kappa shape index (κ2) is 7.06. The molecule has 1 unspecified atom stereocenters. The first-order valence-corrected chi connectivity index (χ1v) is 6.62. The summed E-state index contributed by atoms with van der Waals surface area (Å²) in [7, 11) is 0. The molecule has 0 fully saturated rings. The topological polar surface area (TPSA) is 55.4 Å². The van der Waals surface area contributed by atoms with Gasteiger partial charge in [-0.25, -0.2) is 0 Å². The van der Waals surface area contributed by atoms with Crippen LogP contribution in [0.5, 0.6) is 0 Å². The molecule has 0 aliphatic carbocycles. The summed E-state index contributed by atoms with van der Waals surface area (Å²) in [6, 6.07) is 7.35. The average Bonchev–Trinajstić information content (AvgIpc) is 2.31. The lowest BCUT2D eigenvalue weighted by Crippen LogP contribution is -2.16. The van der Waals surface area contributed by atoms with Gasteiger partial charge in [0.2, 0.25) is 5.91 Å². The molecule has 98 valence electrons. The summed E-state index contributed by atoms with van der Waals surface area (Å²) in [5, 5.41) is 2.45. The van der Waals surface area contributed by atoms with Crippen LogP contribution in [-0.4, -0.2) is 23.7 Å². The Morgan fingerprint density at radius 3 is 2.44 bits per heavy atom. The molecule has 1 aromatic rings. The summed E-state index contributed by atoms with van der Waals surface area (Å²) in [5.41, 5.74) is 0.746. The van der Waals surface area contributed by atoms with Gasteiger partial charge >= 0.3 is 5.97 Å². The van der Waals surface area contributed by atoms with Crippen LogP contribution in [0.2, 0.25) is 0 Å². The van der Waals surface area contributed by atoms with Gasteiger partial charge in [0.05, 0.1) is 6.61 Å². The quantitative estimate of drug-likeness (QED) is 0.658. The Labute approximate surface area is 111 Å². The van der Waals surface area contributed by atoms with E-state index in [1.165, 1.54) is 18.7 Å². The van der Waals surface area contributed by atoms with E-state index in [9.17, 15) is 9.59 Å². The number of thioether (sulfide) groups is 1. The van der Waals surface area contributed by atoms with Crippen molar-refractivity contribution in [2.24, 2.45) is 0 Å². The van der Waals surface area contributed by atoms with Crippen LogP contribution in [0.15, 0.2) is 29.2 Å². The molecule has 1 N–H and O–H groups in total. The second-order valence-electron chi connectivity index (χ2n) is 3.72. The van der Waals surface area contributed by atoms with Crippen molar-refractivity contribution in [3.63, 3.8) is 0 Å². The minimum absolute atomic E-state index is 0.102. The molecule has 1 atom stereocenters. The Morgan fingerprint density at radius 1 is 1.33 bits per heavy atom.